The van der Waals surface area contributed by atoms with E-state index in [2.05, 4.69) is 45.6 Å². The molecular weight excluding hydrogens is 248 g/mol. The molecule has 1 heterocycles. The van der Waals surface area contributed by atoms with E-state index in [0.29, 0.717) is 6.04 Å². The van der Waals surface area contributed by atoms with E-state index in [1.165, 1.54) is 25.7 Å². The molecule has 0 saturated heterocycles. The van der Waals surface area contributed by atoms with Crippen LogP contribution in [0.2, 0.25) is 0 Å². The summed E-state index contributed by atoms with van der Waals surface area (Å²) >= 11 is 0. The monoisotopic (exact) mass is 270 g/mol. The largest absolute Gasteiger partial charge is 0.381 e. The third kappa shape index (κ3) is 2.69. The first kappa shape index (κ1) is 13.2. The van der Waals surface area contributed by atoms with Crippen molar-refractivity contribution in [3.05, 3.63) is 30.1 Å². The van der Waals surface area contributed by atoms with E-state index in [1.54, 1.807) is 0 Å². The number of para-hydroxylation sites is 1. The van der Waals surface area contributed by atoms with Crippen LogP contribution in [0.1, 0.15) is 38.4 Å². The molecule has 0 aliphatic heterocycles. The van der Waals surface area contributed by atoms with E-state index in [1.807, 2.05) is 13.0 Å². The Morgan fingerprint density at radius 3 is 2.75 bits per heavy atom. The van der Waals surface area contributed by atoms with E-state index in [-0.39, 0.29) is 0 Å². The number of benzene rings is 1. The highest BCUT2D eigenvalue weighted by molar-refractivity contribution is 5.73. The van der Waals surface area contributed by atoms with Gasteiger partial charge in [-0.05, 0) is 37.8 Å². The van der Waals surface area contributed by atoms with Crippen LogP contribution in [-0.2, 0) is 0 Å². The van der Waals surface area contributed by atoms with Gasteiger partial charge < -0.3 is 5.32 Å². The van der Waals surface area contributed by atoms with Gasteiger partial charge in [0.25, 0.3) is 0 Å². The standard InChI is InChI=1S/C16H22N4/c1-11-7-3-5-9-14(11)18-15-10-6-4-8-13(15)16-17-12(2)19-20-16/h4,6,8,10-11,14,18H,3,5,7,9H2,1-2H3,(H,17,19,20). The number of H-pyrrole nitrogens is 1. The fourth-order valence-corrected chi connectivity index (χ4v) is 3.00. The predicted octanol–water partition coefficient (Wildman–Crippen LogP) is 3.77. The van der Waals surface area contributed by atoms with Gasteiger partial charge in [0.15, 0.2) is 5.82 Å². The summed E-state index contributed by atoms with van der Waals surface area (Å²) in [5.41, 5.74) is 2.22. The summed E-state index contributed by atoms with van der Waals surface area (Å²) in [7, 11) is 0. The van der Waals surface area contributed by atoms with Crippen LogP contribution in [-0.4, -0.2) is 21.2 Å². The zero-order chi connectivity index (χ0) is 13.9. The van der Waals surface area contributed by atoms with Gasteiger partial charge in [-0.15, -0.1) is 0 Å². The molecule has 2 atom stereocenters. The van der Waals surface area contributed by atoms with E-state index in [0.717, 1.165) is 28.8 Å². The molecule has 0 radical (unpaired) electrons. The van der Waals surface area contributed by atoms with Gasteiger partial charge in [-0.3, -0.25) is 5.10 Å². The molecule has 1 aromatic carbocycles. The SMILES string of the molecule is Cc1nc(-c2ccccc2NC2CCCCC2C)n[nH]1. The Kier molecular flexibility index (Phi) is 3.72. The number of anilines is 1. The Bertz CT molecular complexity index is 575. The number of aromatic nitrogens is 3. The van der Waals surface area contributed by atoms with Crippen LogP contribution >= 0.6 is 0 Å². The quantitative estimate of drug-likeness (QED) is 0.892. The lowest BCUT2D eigenvalue weighted by Gasteiger charge is -2.30. The Hall–Kier alpha value is -1.84. The average molecular weight is 270 g/mol. The number of hydrogen-bond donors (Lipinski definition) is 2. The zero-order valence-corrected chi connectivity index (χ0v) is 12.2. The summed E-state index contributed by atoms with van der Waals surface area (Å²) in [6.45, 7) is 4.27. The number of rotatable bonds is 3. The second-order valence-electron chi connectivity index (χ2n) is 5.80. The summed E-state index contributed by atoms with van der Waals surface area (Å²) in [5, 5.41) is 10.9. The van der Waals surface area contributed by atoms with Crippen molar-refractivity contribution in [2.24, 2.45) is 5.92 Å². The lowest BCUT2D eigenvalue weighted by atomic mass is 9.85. The number of hydrogen-bond acceptors (Lipinski definition) is 3. The summed E-state index contributed by atoms with van der Waals surface area (Å²) in [5.74, 6) is 2.35. The van der Waals surface area contributed by atoms with Crippen molar-refractivity contribution in [2.45, 2.75) is 45.6 Å². The van der Waals surface area contributed by atoms with Crippen molar-refractivity contribution in [1.29, 1.82) is 0 Å². The average Bonchev–Trinajstić information content (AvgIpc) is 2.88. The summed E-state index contributed by atoms with van der Waals surface area (Å²) < 4.78 is 0. The smallest absolute Gasteiger partial charge is 0.183 e. The Morgan fingerprint density at radius 2 is 2.00 bits per heavy atom. The van der Waals surface area contributed by atoms with E-state index >= 15 is 0 Å². The molecule has 2 unspecified atom stereocenters. The third-order valence-corrected chi connectivity index (χ3v) is 4.22. The Balaban J connectivity index is 1.86. The topological polar surface area (TPSA) is 53.6 Å². The first-order chi connectivity index (χ1) is 9.74. The molecule has 4 nitrogen and oxygen atoms in total. The van der Waals surface area contributed by atoms with Crippen LogP contribution in [0.15, 0.2) is 24.3 Å². The van der Waals surface area contributed by atoms with Crippen LogP contribution in [0.4, 0.5) is 5.69 Å². The first-order valence-corrected chi connectivity index (χ1v) is 7.49. The van der Waals surface area contributed by atoms with Crippen LogP contribution in [0.5, 0.6) is 0 Å². The van der Waals surface area contributed by atoms with Crippen LogP contribution in [0.25, 0.3) is 11.4 Å². The molecular formula is C16H22N4. The molecule has 1 saturated carbocycles. The summed E-state index contributed by atoms with van der Waals surface area (Å²) in [6.07, 6.45) is 5.26. The fourth-order valence-electron chi connectivity index (χ4n) is 3.00. The molecule has 0 amide bonds. The van der Waals surface area contributed by atoms with Gasteiger partial charge in [0, 0.05) is 17.3 Å². The molecule has 1 aliphatic rings. The Morgan fingerprint density at radius 1 is 1.20 bits per heavy atom. The van der Waals surface area contributed by atoms with Gasteiger partial charge in [0.1, 0.15) is 5.82 Å². The maximum absolute atomic E-state index is 4.45. The molecule has 3 rings (SSSR count). The third-order valence-electron chi connectivity index (χ3n) is 4.22. The molecule has 1 aliphatic carbocycles. The number of aromatic amines is 1. The minimum atomic E-state index is 0.560. The number of nitrogens with one attached hydrogen (secondary N) is 2. The highest BCUT2D eigenvalue weighted by Gasteiger charge is 2.22. The van der Waals surface area contributed by atoms with Crippen molar-refractivity contribution < 1.29 is 0 Å². The van der Waals surface area contributed by atoms with Crippen LogP contribution in [0, 0.1) is 12.8 Å². The second-order valence-corrected chi connectivity index (χ2v) is 5.80. The number of aryl methyl sites for hydroxylation is 1. The Labute approximate surface area is 120 Å². The molecule has 1 aromatic heterocycles. The lowest BCUT2D eigenvalue weighted by molar-refractivity contribution is 0.349. The molecule has 2 aromatic rings. The molecule has 0 spiro atoms. The van der Waals surface area contributed by atoms with E-state index < -0.39 is 0 Å². The summed E-state index contributed by atoms with van der Waals surface area (Å²) in [6, 6.07) is 8.88. The van der Waals surface area contributed by atoms with Crippen molar-refractivity contribution in [1.82, 2.24) is 15.2 Å². The van der Waals surface area contributed by atoms with Crippen molar-refractivity contribution in [2.75, 3.05) is 5.32 Å². The molecule has 2 N–H and O–H groups in total. The molecule has 1 fully saturated rings. The van der Waals surface area contributed by atoms with Gasteiger partial charge in [-0.25, -0.2) is 4.98 Å². The van der Waals surface area contributed by atoms with Gasteiger partial charge >= 0.3 is 0 Å². The molecule has 4 heteroatoms. The minimum absolute atomic E-state index is 0.560. The highest BCUT2D eigenvalue weighted by Crippen LogP contribution is 2.30. The molecule has 106 valence electrons. The maximum Gasteiger partial charge on any atom is 0.183 e. The highest BCUT2D eigenvalue weighted by atomic mass is 15.2. The lowest BCUT2D eigenvalue weighted by Crippen LogP contribution is -2.30. The van der Waals surface area contributed by atoms with Gasteiger partial charge in [0.05, 0.1) is 0 Å². The van der Waals surface area contributed by atoms with Gasteiger partial charge in [0.2, 0.25) is 0 Å². The van der Waals surface area contributed by atoms with Gasteiger partial charge in [-0.1, -0.05) is 31.9 Å². The predicted molar refractivity (Wildman–Crippen MR) is 81.6 cm³/mol. The first-order valence-electron chi connectivity index (χ1n) is 7.49. The zero-order valence-electron chi connectivity index (χ0n) is 12.2. The van der Waals surface area contributed by atoms with E-state index in [4.69, 9.17) is 0 Å². The van der Waals surface area contributed by atoms with Crippen LogP contribution < -0.4 is 5.32 Å². The summed E-state index contributed by atoms with van der Waals surface area (Å²) in [4.78, 5) is 4.45. The van der Waals surface area contributed by atoms with Gasteiger partial charge in [-0.2, -0.15) is 5.10 Å². The molecule has 0 bridgehead atoms. The van der Waals surface area contributed by atoms with Crippen molar-refractivity contribution in [3.8, 4) is 11.4 Å². The van der Waals surface area contributed by atoms with Crippen molar-refractivity contribution >= 4 is 5.69 Å². The fraction of sp³-hybridized carbons (Fsp3) is 0.500. The van der Waals surface area contributed by atoms with Crippen LogP contribution in [0.3, 0.4) is 0 Å². The maximum atomic E-state index is 4.45. The second kappa shape index (κ2) is 5.65. The molecule has 20 heavy (non-hydrogen) atoms. The number of nitrogens with zero attached hydrogens (tertiary/aromatic N) is 2. The normalized spacial score (nSPS) is 22.7. The minimum Gasteiger partial charge on any atom is -0.381 e. The van der Waals surface area contributed by atoms with Crippen molar-refractivity contribution in [3.63, 3.8) is 0 Å². The van der Waals surface area contributed by atoms with E-state index in [9.17, 15) is 0 Å².